The van der Waals surface area contributed by atoms with Crippen molar-refractivity contribution in [2.24, 2.45) is 0 Å². The van der Waals surface area contributed by atoms with Crippen LogP contribution in [0.1, 0.15) is 36.0 Å². The van der Waals surface area contributed by atoms with Crippen molar-refractivity contribution in [2.75, 3.05) is 30.4 Å². The Morgan fingerprint density at radius 3 is 2.29 bits per heavy atom. The molecular weight excluding hydrogens is 304 g/mol. The number of hydrogen-bond donors (Lipinski definition) is 1. The van der Waals surface area contributed by atoms with E-state index in [-0.39, 0.29) is 5.91 Å². The molecule has 2 aromatic rings. The Morgan fingerprint density at radius 1 is 1.00 bits per heavy atom. The van der Waals surface area contributed by atoms with E-state index in [4.69, 9.17) is 4.74 Å². The zero-order valence-corrected chi connectivity index (χ0v) is 13.9. The molecule has 0 saturated carbocycles. The molecule has 3 rings (SSSR count). The minimum atomic E-state index is -0.213. The molecule has 126 valence electrons. The number of carbonyl (C=O) groups excluding carboxylic acids is 1. The van der Waals surface area contributed by atoms with Gasteiger partial charge in [-0.2, -0.15) is 0 Å². The lowest BCUT2D eigenvalue weighted by Crippen LogP contribution is -2.25. The van der Waals surface area contributed by atoms with Crippen LogP contribution in [-0.4, -0.2) is 36.3 Å². The van der Waals surface area contributed by atoms with Crippen LogP contribution in [0.4, 0.5) is 11.6 Å². The minimum Gasteiger partial charge on any atom is -0.497 e. The number of ether oxygens (including phenoxy) is 1. The second-order valence-corrected chi connectivity index (χ2v) is 5.86. The van der Waals surface area contributed by atoms with Gasteiger partial charge in [-0.25, -0.2) is 0 Å². The summed E-state index contributed by atoms with van der Waals surface area (Å²) in [5.41, 5.74) is 0.550. The van der Waals surface area contributed by atoms with E-state index in [1.807, 2.05) is 6.07 Å². The standard InChI is InChI=1S/C18H22N4O2/c1-24-15-8-6-14(7-9-15)18(23)19-16-10-11-17(21-20-16)22-12-4-2-3-5-13-22/h6-11H,2-5,12-13H2,1H3,(H,19,20,23). The molecule has 6 heteroatoms. The summed E-state index contributed by atoms with van der Waals surface area (Å²) in [6.45, 7) is 2.04. The summed E-state index contributed by atoms with van der Waals surface area (Å²) in [5, 5.41) is 11.2. The molecule has 0 bridgehead atoms. The highest BCUT2D eigenvalue weighted by atomic mass is 16.5. The van der Waals surface area contributed by atoms with E-state index in [2.05, 4.69) is 20.4 Å². The maximum absolute atomic E-state index is 12.2. The number of rotatable bonds is 4. The average Bonchev–Trinajstić information content (AvgIpc) is 2.92. The van der Waals surface area contributed by atoms with Crippen molar-refractivity contribution in [1.82, 2.24) is 10.2 Å². The van der Waals surface area contributed by atoms with Crippen LogP contribution in [0.5, 0.6) is 5.75 Å². The first-order valence-electron chi connectivity index (χ1n) is 8.30. The Bertz CT molecular complexity index is 662. The lowest BCUT2D eigenvalue weighted by Gasteiger charge is -2.20. The van der Waals surface area contributed by atoms with Crippen LogP contribution < -0.4 is 15.0 Å². The summed E-state index contributed by atoms with van der Waals surface area (Å²) in [6.07, 6.45) is 4.94. The van der Waals surface area contributed by atoms with Crippen LogP contribution in [0, 0.1) is 0 Å². The molecule has 1 N–H and O–H groups in total. The normalized spacial score (nSPS) is 14.8. The molecule has 1 amide bonds. The zero-order chi connectivity index (χ0) is 16.8. The number of amides is 1. The van der Waals surface area contributed by atoms with Crippen LogP contribution in [-0.2, 0) is 0 Å². The Balaban J connectivity index is 1.63. The quantitative estimate of drug-likeness (QED) is 0.935. The fourth-order valence-electron chi connectivity index (χ4n) is 2.79. The van der Waals surface area contributed by atoms with Crippen molar-refractivity contribution in [3.05, 3.63) is 42.0 Å². The monoisotopic (exact) mass is 326 g/mol. The average molecular weight is 326 g/mol. The molecular formula is C18H22N4O2. The molecule has 1 saturated heterocycles. The molecule has 0 atom stereocenters. The summed E-state index contributed by atoms with van der Waals surface area (Å²) in [7, 11) is 1.59. The van der Waals surface area contributed by atoms with Gasteiger partial charge in [-0.15, -0.1) is 10.2 Å². The highest BCUT2D eigenvalue weighted by Crippen LogP contribution is 2.18. The molecule has 0 aliphatic carbocycles. The van der Waals surface area contributed by atoms with E-state index in [1.54, 1.807) is 37.4 Å². The molecule has 1 aromatic heterocycles. The fourth-order valence-corrected chi connectivity index (χ4v) is 2.79. The first-order chi connectivity index (χ1) is 11.8. The second kappa shape index (κ2) is 7.77. The van der Waals surface area contributed by atoms with Crippen LogP contribution in [0.2, 0.25) is 0 Å². The molecule has 6 nitrogen and oxygen atoms in total. The van der Waals surface area contributed by atoms with E-state index >= 15 is 0 Å². The number of carbonyl (C=O) groups is 1. The van der Waals surface area contributed by atoms with Gasteiger partial charge in [-0.1, -0.05) is 12.8 Å². The van der Waals surface area contributed by atoms with Crippen molar-refractivity contribution < 1.29 is 9.53 Å². The van der Waals surface area contributed by atoms with Gasteiger partial charge in [0.1, 0.15) is 5.75 Å². The third kappa shape index (κ3) is 4.01. The largest absolute Gasteiger partial charge is 0.497 e. The Hall–Kier alpha value is -2.63. The summed E-state index contributed by atoms with van der Waals surface area (Å²) < 4.78 is 5.09. The smallest absolute Gasteiger partial charge is 0.256 e. The van der Waals surface area contributed by atoms with Gasteiger partial charge < -0.3 is 15.0 Å². The maximum atomic E-state index is 12.2. The highest BCUT2D eigenvalue weighted by molar-refractivity contribution is 6.03. The molecule has 0 radical (unpaired) electrons. The molecule has 1 fully saturated rings. The number of aromatic nitrogens is 2. The Labute approximate surface area is 141 Å². The Kier molecular flexibility index (Phi) is 5.25. The van der Waals surface area contributed by atoms with Gasteiger partial charge in [-0.05, 0) is 49.2 Å². The number of nitrogens with one attached hydrogen (secondary N) is 1. The molecule has 24 heavy (non-hydrogen) atoms. The van der Waals surface area contributed by atoms with Crippen LogP contribution in [0.3, 0.4) is 0 Å². The number of benzene rings is 1. The fraction of sp³-hybridized carbons (Fsp3) is 0.389. The topological polar surface area (TPSA) is 67.3 Å². The van der Waals surface area contributed by atoms with E-state index in [0.29, 0.717) is 17.1 Å². The van der Waals surface area contributed by atoms with Crippen LogP contribution in [0.25, 0.3) is 0 Å². The van der Waals surface area contributed by atoms with Crippen molar-refractivity contribution in [2.45, 2.75) is 25.7 Å². The lowest BCUT2D eigenvalue weighted by molar-refractivity contribution is 0.102. The van der Waals surface area contributed by atoms with Gasteiger partial charge in [-0.3, -0.25) is 4.79 Å². The second-order valence-electron chi connectivity index (χ2n) is 5.86. The third-order valence-corrected chi connectivity index (χ3v) is 4.17. The van der Waals surface area contributed by atoms with Crippen LogP contribution in [0.15, 0.2) is 36.4 Å². The first kappa shape index (κ1) is 16.2. The van der Waals surface area contributed by atoms with Crippen LogP contribution >= 0.6 is 0 Å². The van der Waals surface area contributed by atoms with Gasteiger partial charge in [0.15, 0.2) is 11.6 Å². The highest BCUT2D eigenvalue weighted by Gasteiger charge is 2.12. The van der Waals surface area contributed by atoms with Gasteiger partial charge in [0, 0.05) is 18.7 Å². The Morgan fingerprint density at radius 2 is 1.71 bits per heavy atom. The van der Waals surface area contributed by atoms with Crippen molar-refractivity contribution in [3.63, 3.8) is 0 Å². The summed E-state index contributed by atoms with van der Waals surface area (Å²) >= 11 is 0. The summed E-state index contributed by atoms with van der Waals surface area (Å²) in [4.78, 5) is 14.5. The number of anilines is 2. The third-order valence-electron chi connectivity index (χ3n) is 4.17. The van der Waals surface area contributed by atoms with Gasteiger partial charge >= 0.3 is 0 Å². The first-order valence-corrected chi connectivity index (χ1v) is 8.30. The van der Waals surface area contributed by atoms with E-state index in [0.717, 1.165) is 18.9 Å². The predicted molar refractivity (Wildman–Crippen MR) is 93.7 cm³/mol. The molecule has 1 aliphatic heterocycles. The molecule has 0 unspecified atom stereocenters. The number of methoxy groups -OCH3 is 1. The van der Waals surface area contributed by atoms with E-state index < -0.39 is 0 Å². The molecule has 1 aromatic carbocycles. The number of nitrogens with zero attached hydrogens (tertiary/aromatic N) is 3. The predicted octanol–water partition coefficient (Wildman–Crippen LogP) is 3.12. The van der Waals surface area contributed by atoms with Gasteiger partial charge in [0.2, 0.25) is 0 Å². The molecule has 2 heterocycles. The summed E-state index contributed by atoms with van der Waals surface area (Å²) in [6, 6.07) is 10.7. The van der Waals surface area contributed by atoms with E-state index in [9.17, 15) is 4.79 Å². The van der Waals surface area contributed by atoms with Crippen molar-refractivity contribution >= 4 is 17.5 Å². The zero-order valence-electron chi connectivity index (χ0n) is 13.9. The SMILES string of the molecule is COc1ccc(C(=O)Nc2ccc(N3CCCCCC3)nn2)cc1. The molecule has 1 aliphatic rings. The maximum Gasteiger partial charge on any atom is 0.256 e. The lowest BCUT2D eigenvalue weighted by atomic mass is 10.2. The minimum absolute atomic E-state index is 0.213. The van der Waals surface area contributed by atoms with Crippen molar-refractivity contribution in [3.8, 4) is 5.75 Å². The molecule has 0 spiro atoms. The van der Waals surface area contributed by atoms with Crippen molar-refractivity contribution in [1.29, 1.82) is 0 Å². The number of hydrogen-bond acceptors (Lipinski definition) is 5. The van der Waals surface area contributed by atoms with Gasteiger partial charge in [0.25, 0.3) is 5.91 Å². The van der Waals surface area contributed by atoms with E-state index in [1.165, 1.54) is 25.7 Å². The summed E-state index contributed by atoms with van der Waals surface area (Å²) in [5.74, 6) is 1.83. The van der Waals surface area contributed by atoms with Gasteiger partial charge in [0.05, 0.1) is 7.11 Å².